The molecule has 0 saturated carbocycles. The first-order chi connectivity index (χ1) is 11.8. The van der Waals surface area contributed by atoms with Gasteiger partial charge in [0.25, 0.3) is 0 Å². The van der Waals surface area contributed by atoms with Gasteiger partial charge in [0, 0.05) is 0 Å². The molecule has 9 nitrogen and oxygen atoms in total. The molecule has 0 spiro atoms. The van der Waals surface area contributed by atoms with Gasteiger partial charge in [-0.3, -0.25) is 0 Å². The summed E-state index contributed by atoms with van der Waals surface area (Å²) >= 11 is 0. The number of nitriles is 1. The molecular formula is C16H21N5O4. The maximum absolute atomic E-state index is 10.6. The fraction of sp³-hybridized carbons (Fsp3) is 0.562. The number of rotatable bonds is 4. The van der Waals surface area contributed by atoms with Crippen molar-refractivity contribution in [3.05, 3.63) is 23.7 Å². The molecule has 4 N–H and O–H groups in total. The van der Waals surface area contributed by atoms with Gasteiger partial charge in [-0.15, -0.1) is 0 Å². The van der Waals surface area contributed by atoms with E-state index in [0.29, 0.717) is 11.3 Å². The summed E-state index contributed by atoms with van der Waals surface area (Å²) in [5.74, 6) is 0.655. The third-order valence-corrected chi connectivity index (χ3v) is 4.24. The fourth-order valence-electron chi connectivity index (χ4n) is 3.01. The van der Waals surface area contributed by atoms with Crippen molar-refractivity contribution in [3.63, 3.8) is 0 Å². The molecule has 2 aromatic rings. The van der Waals surface area contributed by atoms with E-state index in [0.717, 1.165) is 0 Å². The lowest BCUT2D eigenvalue weighted by Crippen LogP contribution is -2.41. The normalized spacial score (nSPS) is 29.4. The van der Waals surface area contributed by atoms with E-state index < -0.39 is 23.9 Å². The van der Waals surface area contributed by atoms with Crippen LogP contribution in [0.3, 0.4) is 0 Å². The Kier molecular flexibility index (Phi) is 4.38. The standard InChI is InChI=1S/C16H21N5O4/c1-8(2)24-6-11-13(22)14(23)16(7-17,25-11)12-5-4-10-15(18)19-9(3)20-21(10)12/h4-5,8,11,13-14,22-23H,6H2,1-3H3,(H2,18,19,20)/t11-,13-,14-,16+/m1/s1. The lowest BCUT2D eigenvalue weighted by atomic mass is 9.92. The Labute approximate surface area is 144 Å². The van der Waals surface area contributed by atoms with Gasteiger partial charge in [0.2, 0.25) is 5.60 Å². The molecule has 2 aromatic heterocycles. The van der Waals surface area contributed by atoms with Gasteiger partial charge in [-0.05, 0) is 32.9 Å². The maximum atomic E-state index is 10.6. The minimum atomic E-state index is -1.79. The Morgan fingerprint density at radius 2 is 2.20 bits per heavy atom. The third-order valence-electron chi connectivity index (χ3n) is 4.24. The summed E-state index contributed by atoms with van der Waals surface area (Å²) in [7, 11) is 0. The average molecular weight is 347 g/mol. The molecule has 3 rings (SSSR count). The fourth-order valence-corrected chi connectivity index (χ4v) is 3.01. The molecule has 1 aliphatic rings. The van der Waals surface area contributed by atoms with Crippen molar-refractivity contribution in [2.45, 2.75) is 50.8 Å². The Morgan fingerprint density at radius 1 is 1.48 bits per heavy atom. The van der Waals surface area contributed by atoms with E-state index in [1.807, 2.05) is 19.9 Å². The van der Waals surface area contributed by atoms with Gasteiger partial charge in [-0.25, -0.2) is 9.50 Å². The molecule has 4 atom stereocenters. The van der Waals surface area contributed by atoms with Crippen LogP contribution in [0.4, 0.5) is 5.82 Å². The monoisotopic (exact) mass is 347 g/mol. The number of anilines is 1. The first-order valence-corrected chi connectivity index (χ1v) is 7.99. The lowest BCUT2D eigenvalue weighted by Gasteiger charge is -2.24. The van der Waals surface area contributed by atoms with Crippen LogP contribution in [0.1, 0.15) is 25.4 Å². The lowest BCUT2D eigenvalue weighted by molar-refractivity contribution is -0.0846. The Morgan fingerprint density at radius 3 is 2.84 bits per heavy atom. The highest BCUT2D eigenvalue weighted by Crippen LogP contribution is 2.40. The van der Waals surface area contributed by atoms with Crippen molar-refractivity contribution >= 4 is 11.3 Å². The summed E-state index contributed by atoms with van der Waals surface area (Å²) in [6.07, 6.45) is -3.66. The third kappa shape index (κ3) is 2.73. The zero-order chi connectivity index (χ0) is 18.4. The zero-order valence-corrected chi connectivity index (χ0v) is 14.2. The van der Waals surface area contributed by atoms with Crippen LogP contribution in [0.2, 0.25) is 0 Å². The first kappa shape index (κ1) is 17.6. The van der Waals surface area contributed by atoms with E-state index in [9.17, 15) is 15.5 Å². The van der Waals surface area contributed by atoms with Crippen molar-refractivity contribution in [1.29, 1.82) is 5.26 Å². The summed E-state index contributed by atoms with van der Waals surface area (Å²) < 4.78 is 12.7. The number of hydrogen-bond acceptors (Lipinski definition) is 8. The SMILES string of the molecule is Cc1nc(N)c2ccc([C@]3(C#N)O[C@H](COC(C)C)[C@@H](O)[C@H]3O)n2n1. The summed E-state index contributed by atoms with van der Waals surface area (Å²) in [6, 6.07) is 5.23. The smallest absolute Gasteiger partial charge is 0.225 e. The van der Waals surface area contributed by atoms with Gasteiger partial charge < -0.3 is 25.4 Å². The van der Waals surface area contributed by atoms with Crippen LogP contribution in [0.25, 0.3) is 5.52 Å². The summed E-state index contributed by atoms with van der Waals surface area (Å²) in [5, 5.41) is 35.0. The van der Waals surface area contributed by atoms with Crippen LogP contribution in [0, 0.1) is 18.3 Å². The van der Waals surface area contributed by atoms with Crippen molar-refractivity contribution in [2.24, 2.45) is 0 Å². The first-order valence-electron chi connectivity index (χ1n) is 7.99. The molecule has 0 aliphatic carbocycles. The highest BCUT2D eigenvalue weighted by molar-refractivity contribution is 5.66. The molecule has 1 saturated heterocycles. The summed E-state index contributed by atoms with van der Waals surface area (Å²) in [5.41, 5.74) is 4.88. The van der Waals surface area contributed by atoms with Gasteiger partial charge >= 0.3 is 0 Å². The van der Waals surface area contributed by atoms with Crippen LogP contribution < -0.4 is 5.73 Å². The predicted molar refractivity (Wildman–Crippen MR) is 87.4 cm³/mol. The van der Waals surface area contributed by atoms with Gasteiger partial charge in [0.05, 0.1) is 18.4 Å². The van der Waals surface area contributed by atoms with Crippen LogP contribution >= 0.6 is 0 Å². The average Bonchev–Trinajstić information content (AvgIpc) is 3.08. The van der Waals surface area contributed by atoms with E-state index in [1.54, 1.807) is 19.1 Å². The predicted octanol–water partition coefficient (Wildman–Crippen LogP) is -0.116. The molecule has 0 aromatic carbocycles. The topological polar surface area (TPSA) is 139 Å². The molecule has 1 fully saturated rings. The van der Waals surface area contributed by atoms with Crippen molar-refractivity contribution in [1.82, 2.24) is 14.6 Å². The summed E-state index contributed by atoms with van der Waals surface area (Å²) in [6.45, 7) is 5.41. The second kappa shape index (κ2) is 6.24. The Balaban J connectivity index is 2.06. The highest BCUT2D eigenvalue weighted by Gasteiger charge is 2.57. The number of aliphatic hydroxyl groups excluding tert-OH is 2. The number of aliphatic hydroxyl groups is 2. The highest BCUT2D eigenvalue weighted by atomic mass is 16.6. The molecule has 3 heterocycles. The van der Waals surface area contributed by atoms with E-state index in [2.05, 4.69) is 10.1 Å². The van der Waals surface area contributed by atoms with Gasteiger partial charge in [-0.1, -0.05) is 0 Å². The van der Waals surface area contributed by atoms with Gasteiger partial charge in [0.1, 0.15) is 35.7 Å². The number of aryl methyl sites for hydroxylation is 1. The molecule has 9 heteroatoms. The van der Waals surface area contributed by atoms with Crippen LogP contribution in [-0.4, -0.2) is 55.8 Å². The molecule has 134 valence electrons. The number of ether oxygens (including phenoxy) is 2. The van der Waals surface area contributed by atoms with Crippen LogP contribution in [0.15, 0.2) is 12.1 Å². The van der Waals surface area contributed by atoms with Crippen molar-refractivity contribution in [2.75, 3.05) is 12.3 Å². The molecule has 0 amide bonds. The minimum Gasteiger partial charge on any atom is -0.387 e. The summed E-state index contributed by atoms with van der Waals surface area (Å²) in [4.78, 5) is 4.08. The Hall–Kier alpha value is -2.25. The number of aromatic nitrogens is 3. The van der Waals surface area contributed by atoms with E-state index in [-0.39, 0.29) is 24.2 Å². The number of hydrogen-bond donors (Lipinski definition) is 3. The quantitative estimate of drug-likeness (QED) is 0.696. The van der Waals surface area contributed by atoms with Crippen molar-refractivity contribution in [3.8, 4) is 6.07 Å². The van der Waals surface area contributed by atoms with Crippen LogP contribution in [0.5, 0.6) is 0 Å². The van der Waals surface area contributed by atoms with E-state index in [4.69, 9.17) is 15.2 Å². The van der Waals surface area contributed by atoms with Gasteiger partial charge in [-0.2, -0.15) is 10.4 Å². The van der Waals surface area contributed by atoms with Crippen LogP contribution in [-0.2, 0) is 15.1 Å². The second-order valence-corrected chi connectivity index (χ2v) is 6.38. The molecule has 1 aliphatic heterocycles. The second-order valence-electron chi connectivity index (χ2n) is 6.38. The zero-order valence-electron chi connectivity index (χ0n) is 14.2. The van der Waals surface area contributed by atoms with E-state index >= 15 is 0 Å². The minimum absolute atomic E-state index is 0.0543. The molecule has 0 radical (unpaired) electrons. The molecule has 0 bridgehead atoms. The maximum Gasteiger partial charge on any atom is 0.225 e. The van der Waals surface area contributed by atoms with Crippen molar-refractivity contribution < 1.29 is 19.7 Å². The number of nitrogens with zero attached hydrogens (tertiary/aromatic N) is 4. The number of nitrogens with two attached hydrogens (primary N) is 1. The number of fused-ring (bicyclic) bond motifs is 1. The molecule has 0 unspecified atom stereocenters. The van der Waals surface area contributed by atoms with Gasteiger partial charge in [0.15, 0.2) is 5.82 Å². The Bertz CT molecular complexity index is 830. The molecule has 25 heavy (non-hydrogen) atoms. The largest absolute Gasteiger partial charge is 0.387 e. The number of nitrogen functional groups attached to an aromatic ring is 1. The van der Waals surface area contributed by atoms with E-state index in [1.165, 1.54) is 4.52 Å². The molecular weight excluding hydrogens is 326 g/mol.